The van der Waals surface area contributed by atoms with Crippen molar-refractivity contribution in [2.75, 3.05) is 32.7 Å². The maximum Gasteiger partial charge on any atom is 0.177 e. The molecule has 1 fully saturated rings. The molecule has 0 N–H and O–H groups in total. The summed E-state index contributed by atoms with van der Waals surface area (Å²) in [5, 5.41) is 0. The van der Waals surface area contributed by atoms with E-state index >= 15 is 0 Å². The summed E-state index contributed by atoms with van der Waals surface area (Å²) in [6.45, 7) is 13.2. The van der Waals surface area contributed by atoms with Crippen molar-refractivity contribution >= 4 is 5.78 Å². The van der Waals surface area contributed by atoms with Crippen molar-refractivity contribution < 1.29 is 4.79 Å². The summed E-state index contributed by atoms with van der Waals surface area (Å²) in [5.41, 5.74) is 3.18. The van der Waals surface area contributed by atoms with Crippen molar-refractivity contribution in [1.82, 2.24) is 9.80 Å². The maximum atomic E-state index is 12.4. The molecule has 3 nitrogen and oxygen atoms in total. The first-order valence-corrected chi connectivity index (χ1v) is 7.58. The number of rotatable bonds is 4. The van der Waals surface area contributed by atoms with E-state index in [0.29, 0.717) is 12.6 Å². The summed E-state index contributed by atoms with van der Waals surface area (Å²) in [7, 11) is 0. The number of carbonyl (C=O) groups is 1. The predicted octanol–water partition coefficient (Wildman–Crippen LogP) is 2.51. The highest BCUT2D eigenvalue weighted by Gasteiger charge is 2.24. The van der Waals surface area contributed by atoms with Crippen molar-refractivity contribution in [1.29, 1.82) is 0 Å². The summed E-state index contributed by atoms with van der Waals surface area (Å²) < 4.78 is 0. The van der Waals surface area contributed by atoms with E-state index in [0.717, 1.165) is 37.3 Å². The molecule has 1 aliphatic heterocycles. The molecule has 0 aromatic heterocycles. The van der Waals surface area contributed by atoms with Gasteiger partial charge in [0.15, 0.2) is 5.78 Å². The summed E-state index contributed by atoms with van der Waals surface area (Å²) in [6, 6.07) is 6.63. The maximum absolute atomic E-state index is 12.4. The first-order chi connectivity index (χ1) is 9.51. The van der Waals surface area contributed by atoms with Gasteiger partial charge in [-0.2, -0.15) is 0 Å². The van der Waals surface area contributed by atoms with Gasteiger partial charge in [-0.05, 0) is 32.9 Å². The molecule has 2 rings (SSSR count). The van der Waals surface area contributed by atoms with E-state index in [1.165, 1.54) is 5.56 Å². The van der Waals surface area contributed by atoms with Crippen LogP contribution in [-0.2, 0) is 0 Å². The Balaban J connectivity index is 1.98. The van der Waals surface area contributed by atoms with E-state index in [2.05, 4.69) is 36.6 Å². The van der Waals surface area contributed by atoms with Crippen molar-refractivity contribution in [2.24, 2.45) is 0 Å². The van der Waals surface area contributed by atoms with E-state index in [4.69, 9.17) is 0 Å². The lowest BCUT2D eigenvalue weighted by Gasteiger charge is -2.39. The molecule has 1 aromatic carbocycles. The molecule has 0 amide bonds. The van der Waals surface area contributed by atoms with Crippen LogP contribution in [0.15, 0.2) is 18.2 Å². The highest BCUT2D eigenvalue weighted by atomic mass is 16.1. The molecular weight excluding hydrogens is 248 g/mol. The van der Waals surface area contributed by atoms with E-state index < -0.39 is 0 Å². The lowest BCUT2D eigenvalue weighted by Crippen LogP contribution is -2.52. The Hall–Kier alpha value is -1.19. The number of hydrogen-bond acceptors (Lipinski definition) is 3. The summed E-state index contributed by atoms with van der Waals surface area (Å²) >= 11 is 0. The highest BCUT2D eigenvalue weighted by Crippen LogP contribution is 2.14. The fourth-order valence-corrected chi connectivity index (χ4v) is 3.10. The smallest absolute Gasteiger partial charge is 0.177 e. The molecular formula is C17H26N2O. The van der Waals surface area contributed by atoms with Crippen LogP contribution >= 0.6 is 0 Å². The fraction of sp³-hybridized carbons (Fsp3) is 0.588. The summed E-state index contributed by atoms with van der Waals surface area (Å²) in [4.78, 5) is 17.2. The molecule has 20 heavy (non-hydrogen) atoms. The van der Waals surface area contributed by atoms with Crippen molar-refractivity contribution in [3.63, 3.8) is 0 Å². The van der Waals surface area contributed by atoms with Gasteiger partial charge in [0.05, 0.1) is 6.54 Å². The van der Waals surface area contributed by atoms with Crippen LogP contribution in [-0.4, -0.2) is 54.3 Å². The Kier molecular flexibility index (Phi) is 4.95. The third kappa shape index (κ3) is 3.47. The lowest BCUT2D eigenvalue weighted by molar-refractivity contribution is 0.0722. The number of aryl methyl sites for hydroxylation is 2. The van der Waals surface area contributed by atoms with Crippen LogP contribution in [0.5, 0.6) is 0 Å². The second kappa shape index (κ2) is 6.51. The van der Waals surface area contributed by atoms with Crippen LogP contribution < -0.4 is 0 Å². The SMILES string of the molecule is CCN1CCN(CC(=O)c2ccc(C)cc2C)CC1C. The molecule has 0 saturated carbocycles. The molecule has 1 heterocycles. The van der Waals surface area contributed by atoms with Crippen molar-refractivity contribution in [3.05, 3.63) is 34.9 Å². The van der Waals surface area contributed by atoms with Gasteiger partial charge in [0.1, 0.15) is 0 Å². The van der Waals surface area contributed by atoms with Gasteiger partial charge in [-0.15, -0.1) is 0 Å². The Morgan fingerprint density at radius 1 is 1.30 bits per heavy atom. The topological polar surface area (TPSA) is 23.6 Å². The third-order valence-electron chi connectivity index (χ3n) is 4.30. The second-order valence-electron chi connectivity index (χ2n) is 5.95. The molecule has 1 aliphatic rings. The number of hydrogen-bond donors (Lipinski definition) is 0. The first-order valence-electron chi connectivity index (χ1n) is 7.58. The fourth-order valence-electron chi connectivity index (χ4n) is 3.10. The Labute approximate surface area is 122 Å². The van der Waals surface area contributed by atoms with Crippen LogP contribution in [0.2, 0.25) is 0 Å². The third-order valence-corrected chi connectivity index (χ3v) is 4.30. The number of benzene rings is 1. The van der Waals surface area contributed by atoms with Crippen LogP contribution in [0.3, 0.4) is 0 Å². The van der Waals surface area contributed by atoms with Gasteiger partial charge >= 0.3 is 0 Å². The van der Waals surface area contributed by atoms with Gasteiger partial charge in [-0.3, -0.25) is 14.6 Å². The molecule has 0 aliphatic carbocycles. The molecule has 0 radical (unpaired) electrons. The Bertz CT molecular complexity index is 484. The van der Waals surface area contributed by atoms with E-state index in [-0.39, 0.29) is 5.78 Å². The largest absolute Gasteiger partial charge is 0.298 e. The quantitative estimate of drug-likeness (QED) is 0.788. The number of Topliss-reactive ketones (excluding diaryl/α,β-unsaturated/α-hetero) is 1. The normalized spacial score (nSPS) is 21.1. The standard InChI is InChI=1S/C17H26N2O/c1-5-19-9-8-18(11-15(19)4)12-17(20)16-7-6-13(2)10-14(16)3/h6-7,10,15H,5,8-9,11-12H2,1-4H3. The van der Waals surface area contributed by atoms with Crippen LogP contribution in [0.25, 0.3) is 0 Å². The molecule has 110 valence electrons. The molecule has 0 spiro atoms. The van der Waals surface area contributed by atoms with Gasteiger partial charge in [0.2, 0.25) is 0 Å². The zero-order valence-electron chi connectivity index (χ0n) is 13.1. The lowest BCUT2D eigenvalue weighted by atomic mass is 10.0. The van der Waals surface area contributed by atoms with Crippen molar-refractivity contribution in [3.8, 4) is 0 Å². The van der Waals surface area contributed by atoms with Gasteiger partial charge in [0, 0.05) is 31.2 Å². The number of nitrogens with zero attached hydrogens (tertiary/aromatic N) is 2. The molecule has 1 aromatic rings. The van der Waals surface area contributed by atoms with Crippen molar-refractivity contribution in [2.45, 2.75) is 33.7 Å². The first kappa shape index (κ1) is 15.2. The molecule has 3 heteroatoms. The number of ketones is 1. The molecule has 1 unspecified atom stereocenters. The number of piperazine rings is 1. The molecule has 1 atom stereocenters. The van der Waals surface area contributed by atoms with Gasteiger partial charge < -0.3 is 0 Å². The van der Waals surface area contributed by atoms with E-state index in [1.807, 2.05) is 19.1 Å². The monoisotopic (exact) mass is 274 g/mol. The second-order valence-corrected chi connectivity index (χ2v) is 5.95. The average molecular weight is 274 g/mol. The van der Waals surface area contributed by atoms with Gasteiger partial charge in [-0.1, -0.05) is 30.7 Å². The Morgan fingerprint density at radius 3 is 2.65 bits per heavy atom. The minimum atomic E-state index is 0.250. The number of carbonyl (C=O) groups excluding carboxylic acids is 1. The van der Waals surface area contributed by atoms with Gasteiger partial charge in [0.25, 0.3) is 0 Å². The molecule has 0 bridgehead atoms. The highest BCUT2D eigenvalue weighted by molar-refractivity contribution is 5.99. The predicted molar refractivity (Wildman–Crippen MR) is 83.4 cm³/mol. The molecule has 1 saturated heterocycles. The Morgan fingerprint density at radius 2 is 2.05 bits per heavy atom. The van der Waals surface area contributed by atoms with Crippen LogP contribution in [0.1, 0.15) is 35.3 Å². The minimum absolute atomic E-state index is 0.250. The number of likely N-dealkylation sites (N-methyl/N-ethyl adjacent to an activating group) is 1. The van der Waals surface area contributed by atoms with Crippen LogP contribution in [0, 0.1) is 13.8 Å². The zero-order chi connectivity index (χ0) is 14.7. The average Bonchev–Trinajstić information content (AvgIpc) is 2.38. The van der Waals surface area contributed by atoms with Crippen LogP contribution in [0.4, 0.5) is 0 Å². The van der Waals surface area contributed by atoms with E-state index in [9.17, 15) is 4.79 Å². The van der Waals surface area contributed by atoms with Gasteiger partial charge in [-0.25, -0.2) is 0 Å². The zero-order valence-corrected chi connectivity index (χ0v) is 13.1. The van der Waals surface area contributed by atoms with E-state index in [1.54, 1.807) is 0 Å². The summed E-state index contributed by atoms with van der Waals surface area (Å²) in [6.07, 6.45) is 0. The minimum Gasteiger partial charge on any atom is -0.298 e. The summed E-state index contributed by atoms with van der Waals surface area (Å²) in [5.74, 6) is 0.250.